The van der Waals surface area contributed by atoms with Crippen molar-refractivity contribution in [2.75, 3.05) is 5.32 Å². The minimum atomic E-state index is -0.0660. The van der Waals surface area contributed by atoms with Crippen molar-refractivity contribution < 1.29 is 10.0 Å². The third-order valence-electron chi connectivity index (χ3n) is 2.08. The third kappa shape index (κ3) is 2.98. The van der Waals surface area contributed by atoms with Crippen LogP contribution in [-0.4, -0.2) is 17.0 Å². The molecule has 0 heterocycles. The molecule has 86 valence electrons. The van der Waals surface area contributed by atoms with Gasteiger partial charge in [0, 0.05) is 17.2 Å². The quantitative estimate of drug-likeness (QED) is 0.312. The number of anilines is 1. The fraction of sp³-hybridized carbons (Fsp3) is 0.273. The minimum Gasteiger partial charge on any atom is -0.409 e. The van der Waals surface area contributed by atoms with Crippen LogP contribution in [0.1, 0.15) is 19.4 Å². The summed E-state index contributed by atoms with van der Waals surface area (Å²) in [6, 6.07) is 6.75. The number of rotatable bonds is 3. The summed E-state index contributed by atoms with van der Waals surface area (Å²) in [7, 11) is 0. The largest absolute Gasteiger partial charge is 0.409 e. The van der Waals surface area contributed by atoms with Crippen molar-refractivity contribution in [3.8, 4) is 0 Å². The van der Waals surface area contributed by atoms with Gasteiger partial charge in [0.1, 0.15) is 0 Å². The molecule has 16 heavy (non-hydrogen) atoms. The zero-order valence-electron chi connectivity index (χ0n) is 9.27. The Morgan fingerprint density at radius 1 is 1.38 bits per heavy atom. The van der Waals surface area contributed by atoms with Gasteiger partial charge in [0.25, 0.3) is 0 Å². The normalized spacial score (nSPS) is 11.6. The van der Waals surface area contributed by atoms with Crippen LogP contribution < -0.4 is 11.1 Å². The zero-order valence-corrected chi connectivity index (χ0v) is 9.27. The Labute approximate surface area is 94.0 Å². The van der Waals surface area contributed by atoms with Gasteiger partial charge in [-0.3, -0.25) is 4.79 Å². The van der Waals surface area contributed by atoms with Gasteiger partial charge < -0.3 is 16.3 Å². The van der Waals surface area contributed by atoms with E-state index in [9.17, 15) is 4.79 Å². The Morgan fingerprint density at radius 3 is 2.38 bits per heavy atom. The highest BCUT2D eigenvalue weighted by atomic mass is 16.4. The molecule has 0 aliphatic carbocycles. The summed E-state index contributed by atoms with van der Waals surface area (Å²) < 4.78 is 0. The summed E-state index contributed by atoms with van der Waals surface area (Å²) in [6.45, 7) is 3.64. The molecule has 0 aliphatic heterocycles. The lowest BCUT2D eigenvalue weighted by molar-refractivity contribution is -0.118. The van der Waals surface area contributed by atoms with Gasteiger partial charge in [0.15, 0.2) is 5.84 Å². The van der Waals surface area contributed by atoms with Crippen LogP contribution in [0, 0.1) is 5.92 Å². The van der Waals surface area contributed by atoms with E-state index in [-0.39, 0.29) is 17.7 Å². The molecule has 0 bridgehead atoms. The first kappa shape index (κ1) is 12.0. The van der Waals surface area contributed by atoms with Gasteiger partial charge in [-0.1, -0.05) is 19.0 Å². The lowest BCUT2D eigenvalue weighted by Crippen LogP contribution is -2.18. The average Bonchev–Trinajstić information content (AvgIpc) is 2.28. The highest BCUT2D eigenvalue weighted by Gasteiger charge is 2.07. The van der Waals surface area contributed by atoms with Gasteiger partial charge in [0.05, 0.1) is 0 Å². The van der Waals surface area contributed by atoms with Gasteiger partial charge in [-0.25, -0.2) is 0 Å². The molecule has 0 unspecified atom stereocenters. The van der Waals surface area contributed by atoms with E-state index in [0.717, 1.165) is 0 Å². The smallest absolute Gasteiger partial charge is 0.226 e. The lowest BCUT2D eigenvalue weighted by Gasteiger charge is -2.07. The minimum absolute atomic E-state index is 0.0433. The highest BCUT2D eigenvalue weighted by molar-refractivity contribution is 5.98. The number of nitrogens with one attached hydrogen (secondary N) is 1. The van der Waals surface area contributed by atoms with Gasteiger partial charge in [-0.2, -0.15) is 0 Å². The van der Waals surface area contributed by atoms with Crippen molar-refractivity contribution in [2.24, 2.45) is 16.8 Å². The Hall–Kier alpha value is -2.04. The summed E-state index contributed by atoms with van der Waals surface area (Å²) >= 11 is 0. The maximum Gasteiger partial charge on any atom is 0.226 e. The van der Waals surface area contributed by atoms with E-state index in [2.05, 4.69) is 10.5 Å². The Kier molecular flexibility index (Phi) is 3.88. The molecule has 1 aromatic carbocycles. The van der Waals surface area contributed by atoms with E-state index in [4.69, 9.17) is 10.9 Å². The number of hydrogen-bond donors (Lipinski definition) is 3. The first-order valence-corrected chi connectivity index (χ1v) is 4.93. The van der Waals surface area contributed by atoms with Gasteiger partial charge in [-0.15, -0.1) is 0 Å². The van der Waals surface area contributed by atoms with E-state index >= 15 is 0 Å². The Morgan fingerprint density at radius 2 is 1.94 bits per heavy atom. The van der Waals surface area contributed by atoms with Crippen LogP contribution in [0.15, 0.2) is 29.4 Å². The Balaban J connectivity index is 2.76. The molecule has 0 aromatic heterocycles. The second-order valence-electron chi connectivity index (χ2n) is 3.71. The molecule has 0 fully saturated rings. The third-order valence-corrected chi connectivity index (χ3v) is 2.08. The van der Waals surface area contributed by atoms with Crippen molar-refractivity contribution in [3.05, 3.63) is 29.8 Å². The number of hydrogen-bond acceptors (Lipinski definition) is 3. The molecule has 1 rings (SSSR count). The fourth-order valence-electron chi connectivity index (χ4n) is 1.07. The molecule has 5 nitrogen and oxygen atoms in total. The van der Waals surface area contributed by atoms with Crippen molar-refractivity contribution in [1.29, 1.82) is 0 Å². The fourth-order valence-corrected chi connectivity index (χ4v) is 1.07. The summed E-state index contributed by atoms with van der Waals surface area (Å²) in [6.07, 6.45) is 0. The molecule has 0 aliphatic rings. The number of carbonyl (C=O) groups excluding carboxylic acids is 1. The van der Waals surface area contributed by atoms with Crippen molar-refractivity contribution in [3.63, 3.8) is 0 Å². The lowest BCUT2D eigenvalue weighted by atomic mass is 10.1. The summed E-state index contributed by atoms with van der Waals surface area (Å²) in [5.74, 6) is -0.0676. The summed E-state index contributed by atoms with van der Waals surface area (Å²) in [4.78, 5) is 11.4. The van der Waals surface area contributed by atoms with Gasteiger partial charge >= 0.3 is 0 Å². The number of nitrogens with two attached hydrogens (primary N) is 1. The highest BCUT2D eigenvalue weighted by Crippen LogP contribution is 2.10. The number of benzene rings is 1. The molecule has 0 radical (unpaired) electrons. The maximum atomic E-state index is 11.4. The van der Waals surface area contributed by atoms with Crippen LogP contribution in [0.25, 0.3) is 0 Å². The molecule has 1 amide bonds. The van der Waals surface area contributed by atoms with E-state index < -0.39 is 0 Å². The van der Waals surface area contributed by atoms with Gasteiger partial charge in [-0.05, 0) is 24.3 Å². The molecule has 0 saturated heterocycles. The SMILES string of the molecule is CC(C)C(=O)Nc1ccc(C(N)=NO)cc1. The molecule has 5 heteroatoms. The maximum absolute atomic E-state index is 11.4. The standard InChI is InChI=1S/C11H15N3O2/c1-7(2)11(15)13-9-5-3-8(4-6-9)10(12)14-16/h3-7,16H,1-2H3,(H2,12,14)(H,13,15). The van der Waals surface area contributed by atoms with Crippen molar-refractivity contribution >= 4 is 17.4 Å². The molecular weight excluding hydrogens is 206 g/mol. The predicted molar refractivity (Wildman–Crippen MR) is 62.4 cm³/mol. The van der Waals surface area contributed by atoms with Crippen LogP contribution in [0.5, 0.6) is 0 Å². The van der Waals surface area contributed by atoms with Gasteiger partial charge in [0.2, 0.25) is 5.91 Å². The molecular formula is C11H15N3O2. The van der Waals surface area contributed by atoms with Crippen LogP contribution in [0.4, 0.5) is 5.69 Å². The predicted octanol–water partition coefficient (Wildman–Crippen LogP) is 1.38. The summed E-state index contributed by atoms with van der Waals surface area (Å²) in [5, 5.41) is 14.1. The van der Waals surface area contributed by atoms with Crippen LogP contribution in [0.3, 0.4) is 0 Å². The van der Waals surface area contributed by atoms with E-state index in [1.807, 2.05) is 13.8 Å². The second-order valence-corrected chi connectivity index (χ2v) is 3.71. The van der Waals surface area contributed by atoms with E-state index in [1.165, 1.54) is 0 Å². The van der Waals surface area contributed by atoms with Crippen LogP contribution in [0.2, 0.25) is 0 Å². The zero-order chi connectivity index (χ0) is 12.1. The number of nitrogens with zero attached hydrogens (tertiary/aromatic N) is 1. The number of carbonyl (C=O) groups is 1. The van der Waals surface area contributed by atoms with Crippen LogP contribution >= 0.6 is 0 Å². The molecule has 0 spiro atoms. The van der Waals surface area contributed by atoms with E-state index in [1.54, 1.807) is 24.3 Å². The molecule has 0 saturated carbocycles. The first-order chi connectivity index (χ1) is 7.54. The average molecular weight is 221 g/mol. The Bertz CT molecular complexity index is 396. The number of amidine groups is 1. The van der Waals surface area contributed by atoms with Crippen molar-refractivity contribution in [2.45, 2.75) is 13.8 Å². The monoisotopic (exact) mass is 221 g/mol. The van der Waals surface area contributed by atoms with Crippen molar-refractivity contribution in [1.82, 2.24) is 0 Å². The second kappa shape index (κ2) is 5.16. The summed E-state index contributed by atoms with van der Waals surface area (Å²) in [5.41, 5.74) is 6.70. The molecule has 4 N–H and O–H groups in total. The molecule has 0 atom stereocenters. The topological polar surface area (TPSA) is 87.7 Å². The van der Waals surface area contributed by atoms with Crippen LogP contribution in [-0.2, 0) is 4.79 Å². The number of amides is 1. The van der Waals surface area contributed by atoms with E-state index in [0.29, 0.717) is 11.3 Å². The number of oxime groups is 1. The molecule has 1 aromatic rings. The first-order valence-electron chi connectivity index (χ1n) is 4.93.